The predicted molar refractivity (Wildman–Crippen MR) is 92.6 cm³/mol. The van der Waals surface area contributed by atoms with Crippen molar-refractivity contribution in [2.45, 2.75) is 32.4 Å². The molecule has 7 nitrogen and oxygen atoms in total. The van der Waals surface area contributed by atoms with E-state index in [4.69, 9.17) is 13.9 Å². The number of amides is 1. The number of ether oxygens (including phenoxy) is 2. The third-order valence-corrected chi connectivity index (χ3v) is 4.17. The molecule has 1 aromatic carbocycles. The van der Waals surface area contributed by atoms with Crippen LogP contribution >= 0.6 is 0 Å². The number of nitrogens with two attached hydrogens (primary N) is 1. The highest BCUT2D eigenvalue weighted by molar-refractivity contribution is 5.89. The van der Waals surface area contributed by atoms with Crippen LogP contribution in [0.5, 0.6) is 0 Å². The van der Waals surface area contributed by atoms with Gasteiger partial charge in [0.05, 0.1) is 6.61 Å². The quantitative estimate of drug-likeness (QED) is 0.774. The molecule has 2 aromatic rings. The van der Waals surface area contributed by atoms with Gasteiger partial charge in [-0.2, -0.15) is 0 Å². The maximum atomic E-state index is 11.8. The van der Waals surface area contributed by atoms with E-state index in [9.17, 15) is 9.59 Å². The largest absolute Gasteiger partial charge is 0.450 e. The first-order valence-corrected chi connectivity index (χ1v) is 8.59. The molecule has 1 fully saturated rings. The zero-order valence-corrected chi connectivity index (χ0v) is 14.2. The minimum atomic E-state index is -0.537. The monoisotopic (exact) mass is 347 g/mol. The van der Waals surface area contributed by atoms with Crippen LogP contribution in [0.4, 0.5) is 10.5 Å². The molecular weight excluding hydrogens is 324 g/mol. The minimum absolute atomic E-state index is 0.291. The first-order chi connectivity index (χ1) is 12.2. The molecule has 134 valence electrons. The zero-order chi connectivity index (χ0) is 17.6. The van der Waals surface area contributed by atoms with Crippen LogP contribution in [0, 0.1) is 0 Å². The van der Waals surface area contributed by atoms with Crippen LogP contribution in [0.2, 0.25) is 0 Å². The Hall–Kier alpha value is -2.38. The summed E-state index contributed by atoms with van der Waals surface area (Å²) in [5.41, 5.74) is 1.48. The van der Waals surface area contributed by atoms with Crippen LogP contribution in [-0.4, -0.2) is 32.0 Å². The molecule has 0 aliphatic carbocycles. The molecule has 3 N–H and O–H groups in total. The van der Waals surface area contributed by atoms with Crippen molar-refractivity contribution in [2.75, 3.05) is 25.1 Å². The van der Waals surface area contributed by atoms with Gasteiger partial charge in [-0.25, -0.2) is 9.59 Å². The summed E-state index contributed by atoms with van der Waals surface area (Å²) in [5.74, 6) is 0. The van der Waals surface area contributed by atoms with Gasteiger partial charge in [-0.05, 0) is 31.9 Å². The van der Waals surface area contributed by atoms with Gasteiger partial charge in [-0.3, -0.25) is 5.32 Å². The maximum absolute atomic E-state index is 11.8. The second-order valence-electron chi connectivity index (χ2n) is 6.01. The summed E-state index contributed by atoms with van der Waals surface area (Å²) in [6.07, 6.45) is 1.97. The molecule has 1 amide bonds. The standard InChI is InChI=1S/C18H22N2O5/c1-2-23-18(22)20-13-5-6-15-12(8-17(21)25-16(15)9-13)10-19-11-14-4-3-7-24-14/h5-6,8-9,14,19H,2-4,7,10-11H2,1H3,(H,20,22)/p+1/t14-/m1/s1. The molecule has 2 heterocycles. The lowest BCUT2D eigenvalue weighted by Gasteiger charge is -2.10. The van der Waals surface area contributed by atoms with Crippen molar-refractivity contribution in [1.29, 1.82) is 0 Å². The highest BCUT2D eigenvalue weighted by Crippen LogP contribution is 2.21. The van der Waals surface area contributed by atoms with Gasteiger partial charge >= 0.3 is 11.7 Å². The number of rotatable bonds is 6. The van der Waals surface area contributed by atoms with Crippen LogP contribution in [0.3, 0.4) is 0 Å². The van der Waals surface area contributed by atoms with Crippen LogP contribution in [0.1, 0.15) is 25.3 Å². The van der Waals surface area contributed by atoms with Gasteiger partial charge in [0.2, 0.25) is 0 Å². The number of nitrogens with one attached hydrogen (secondary N) is 1. The molecule has 0 radical (unpaired) electrons. The van der Waals surface area contributed by atoms with Crippen LogP contribution in [0.15, 0.2) is 33.5 Å². The number of hydrogen-bond acceptors (Lipinski definition) is 5. The summed E-state index contributed by atoms with van der Waals surface area (Å²) in [5, 5.41) is 5.61. The lowest BCUT2D eigenvalue weighted by Crippen LogP contribution is -2.84. The topological polar surface area (TPSA) is 94.4 Å². The molecule has 3 rings (SSSR count). The number of carbonyl (C=O) groups excluding carboxylic acids is 1. The first kappa shape index (κ1) is 17.4. The summed E-state index contributed by atoms with van der Waals surface area (Å²) < 4.78 is 15.7. The Morgan fingerprint density at radius 3 is 3.04 bits per heavy atom. The number of fused-ring (bicyclic) bond motifs is 1. The number of hydrogen-bond donors (Lipinski definition) is 2. The van der Waals surface area contributed by atoms with Crippen molar-refractivity contribution in [3.05, 3.63) is 40.2 Å². The summed E-state index contributed by atoms with van der Waals surface area (Å²) >= 11 is 0. The van der Waals surface area contributed by atoms with Crippen molar-refractivity contribution in [3.8, 4) is 0 Å². The van der Waals surface area contributed by atoms with E-state index in [1.54, 1.807) is 19.1 Å². The third-order valence-electron chi connectivity index (χ3n) is 4.17. The van der Waals surface area contributed by atoms with Gasteiger partial charge in [0.25, 0.3) is 0 Å². The maximum Gasteiger partial charge on any atom is 0.411 e. The SMILES string of the molecule is CCOC(=O)Nc1ccc2c(C[NH2+]C[C@H]3CCCO3)cc(=O)oc2c1. The van der Waals surface area contributed by atoms with E-state index in [0.717, 1.165) is 36.9 Å². The molecule has 1 atom stereocenters. The van der Waals surface area contributed by atoms with Gasteiger partial charge in [-0.1, -0.05) is 0 Å². The number of carbonyl (C=O) groups is 1. The average Bonchev–Trinajstić information content (AvgIpc) is 3.08. The molecule has 25 heavy (non-hydrogen) atoms. The second-order valence-corrected chi connectivity index (χ2v) is 6.01. The van der Waals surface area contributed by atoms with Crippen molar-refractivity contribution in [2.24, 2.45) is 0 Å². The van der Waals surface area contributed by atoms with Gasteiger partial charge in [-0.15, -0.1) is 0 Å². The summed E-state index contributed by atoms with van der Waals surface area (Å²) in [6.45, 7) is 4.42. The molecule has 0 unspecified atom stereocenters. The van der Waals surface area contributed by atoms with Gasteiger partial charge in [0, 0.05) is 35.4 Å². The molecule has 1 saturated heterocycles. The van der Waals surface area contributed by atoms with Crippen LogP contribution < -0.4 is 16.3 Å². The Bertz CT molecular complexity index is 796. The van der Waals surface area contributed by atoms with E-state index in [-0.39, 0.29) is 0 Å². The Morgan fingerprint density at radius 1 is 1.40 bits per heavy atom. The Labute approximate surface area is 145 Å². The molecule has 1 aromatic heterocycles. The highest BCUT2D eigenvalue weighted by Gasteiger charge is 2.17. The van der Waals surface area contributed by atoms with Gasteiger partial charge in [0.1, 0.15) is 24.8 Å². The minimum Gasteiger partial charge on any atom is -0.450 e. The fraction of sp³-hybridized carbons (Fsp3) is 0.444. The van der Waals surface area contributed by atoms with Gasteiger partial charge in [0.15, 0.2) is 0 Å². The number of benzene rings is 1. The van der Waals surface area contributed by atoms with Crippen molar-refractivity contribution in [1.82, 2.24) is 0 Å². The molecular formula is C18H23N2O5+. The summed E-state index contributed by atoms with van der Waals surface area (Å²) in [6, 6.07) is 6.77. The molecule has 1 aliphatic heterocycles. The lowest BCUT2D eigenvalue weighted by molar-refractivity contribution is -0.676. The fourth-order valence-corrected chi connectivity index (χ4v) is 3.02. The lowest BCUT2D eigenvalue weighted by atomic mass is 10.1. The van der Waals surface area contributed by atoms with Crippen molar-refractivity contribution < 1.29 is 24.0 Å². The summed E-state index contributed by atoms with van der Waals surface area (Å²) in [4.78, 5) is 23.3. The molecule has 0 saturated carbocycles. The highest BCUT2D eigenvalue weighted by atomic mass is 16.5. The Balaban J connectivity index is 1.74. The predicted octanol–water partition coefficient (Wildman–Crippen LogP) is 1.60. The van der Waals surface area contributed by atoms with E-state index in [2.05, 4.69) is 10.6 Å². The number of quaternary nitrogens is 1. The molecule has 0 bridgehead atoms. The third kappa shape index (κ3) is 4.58. The van der Waals surface area contributed by atoms with Crippen LogP contribution in [-0.2, 0) is 16.0 Å². The second kappa shape index (κ2) is 8.13. The van der Waals surface area contributed by atoms with E-state index in [0.29, 0.717) is 30.5 Å². The smallest absolute Gasteiger partial charge is 0.411 e. The molecule has 7 heteroatoms. The number of anilines is 1. The summed E-state index contributed by atoms with van der Waals surface area (Å²) in [7, 11) is 0. The first-order valence-electron chi connectivity index (χ1n) is 8.59. The normalized spacial score (nSPS) is 16.9. The van der Waals surface area contributed by atoms with E-state index < -0.39 is 11.7 Å². The van der Waals surface area contributed by atoms with E-state index in [1.165, 1.54) is 6.07 Å². The Morgan fingerprint density at radius 2 is 2.28 bits per heavy atom. The Kier molecular flexibility index (Phi) is 5.67. The zero-order valence-electron chi connectivity index (χ0n) is 14.2. The van der Waals surface area contributed by atoms with Gasteiger partial charge < -0.3 is 19.2 Å². The average molecular weight is 347 g/mol. The van der Waals surface area contributed by atoms with E-state index >= 15 is 0 Å². The fourth-order valence-electron chi connectivity index (χ4n) is 3.02. The van der Waals surface area contributed by atoms with E-state index in [1.807, 2.05) is 6.07 Å². The van der Waals surface area contributed by atoms with Crippen LogP contribution in [0.25, 0.3) is 11.0 Å². The molecule has 0 spiro atoms. The van der Waals surface area contributed by atoms with Crippen molar-refractivity contribution in [3.63, 3.8) is 0 Å². The molecule has 1 aliphatic rings. The van der Waals surface area contributed by atoms with Crippen molar-refractivity contribution >= 4 is 22.7 Å².